The van der Waals surface area contributed by atoms with Crippen LogP contribution < -0.4 is 14.8 Å². The van der Waals surface area contributed by atoms with Crippen molar-refractivity contribution < 1.29 is 14.6 Å². The van der Waals surface area contributed by atoms with Crippen molar-refractivity contribution in [1.29, 1.82) is 0 Å². The molecule has 0 aliphatic carbocycles. The van der Waals surface area contributed by atoms with E-state index in [1.165, 1.54) is 0 Å². The van der Waals surface area contributed by atoms with Gasteiger partial charge in [-0.3, -0.25) is 0 Å². The molecule has 0 saturated heterocycles. The van der Waals surface area contributed by atoms with Crippen molar-refractivity contribution in [2.24, 2.45) is 0 Å². The lowest BCUT2D eigenvalue weighted by Gasteiger charge is -2.25. The Bertz CT molecular complexity index is 447. The van der Waals surface area contributed by atoms with Gasteiger partial charge in [0.1, 0.15) is 0 Å². The summed E-state index contributed by atoms with van der Waals surface area (Å²) in [7, 11) is 1.60. The lowest BCUT2D eigenvalue weighted by atomic mass is 9.97. The molecule has 0 bridgehead atoms. The van der Waals surface area contributed by atoms with Crippen LogP contribution in [0.4, 0.5) is 0 Å². The van der Waals surface area contributed by atoms with Crippen molar-refractivity contribution >= 4 is 11.6 Å². The molecule has 0 spiro atoms. The molecule has 5 heteroatoms. The summed E-state index contributed by atoms with van der Waals surface area (Å²) in [5.41, 5.74) is 0.342. The van der Waals surface area contributed by atoms with Gasteiger partial charge in [-0.05, 0) is 37.5 Å². The van der Waals surface area contributed by atoms with E-state index in [2.05, 4.69) is 5.32 Å². The highest BCUT2D eigenvalue weighted by Gasteiger charge is 2.21. The summed E-state index contributed by atoms with van der Waals surface area (Å²) in [6.07, 6.45) is 1.45. The molecule has 0 saturated carbocycles. The Morgan fingerprint density at radius 3 is 2.43 bits per heavy atom. The lowest BCUT2D eigenvalue weighted by molar-refractivity contribution is 0.0323. The number of methoxy groups -OCH3 is 1. The maximum Gasteiger partial charge on any atom is 0.179 e. The summed E-state index contributed by atoms with van der Waals surface area (Å²) in [5.74, 6) is 1.20. The van der Waals surface area contributed by atoms with Crippen LogP contribution in [0.5, 0.6) is 11.5 Å². The second kappa shape index (κ2) is 8.47. The molecular weight excluding hydrogens is 290 g/mol. The van der Waals surface area contributed by atoms with Gasteiger partial charge in [-0.15, -0.1) is 0 Å². The summed E-state index contributed by atoms with van der Waals surface area (Å²) in [6, 6.07) is 3.76. The quantitative estimate of drug-likeness (QED) is 0.733. The Hall–Kier alpha value is -0.970. The smallest absolute Gasteiger partial charge is 0.179 e. The molecule has 2 N–H and O–H groups in total. The fourth-order valence-electron chi connectivity index (χ4n) is 2.10. The van der Waals surface area contributed by atoms with Gasteiger partial charge in [-0.25, -0.2) is 0 Å². The van der Waals surface area contributed by atoms with E-state index in [1.54, 1.807) is 7.11 Å². The highest BCUT2D eigenvalue weighted by molar-refractivity contribution is 6.32. The van der Waals surface area contributed by atoms with Gasteiger partial charge >= 0.3 is 0 Å². The summed E-state index contributed by atoms with van der Waals surface area (Å²) in [5, 5.41) is 14.0. The number of ether oxygens (including phenoxy) is 2. The predicted molar refractivity (Wildman–Crippen MR) is 86.4 cm³/mol. The van der Waals surface area contributed by atoms with Crippen LogP contribution in [0.15, 0.2) is 12.1 Å². The van der Waals surface area contributed by atoms with Crippen LogP contribution in [0.1, 0.15) is 39.2 Å². The Kier molecular flexibility index (Phi) is 7.29. The van der Waals surface area contributed by atoms with Gasteiger partial charge in [-0.2, -0.15) is 0 Å². The van der Waals surface area contributed by atoms with Gasteiger partial charge in [-0.1, -0.05) is 25.4 Å². The number of aliphatic hydroxyl groups is 1. The summed E-state index contributed by atoms with van der Waals surface area (Å²) < 4.78 is 10.8. The van der Waals surface area contributed by atoms with Crippen molar-refractivity contribution in [2.75, 3.05) is 20.3 Å². The van der Waals surface area contributed by atoms with Gasteiger partial charge in [0.15, 0.2) is 11.5 Å². The van der Waals surface area contributed by atoms with Crippen LogP contribution in [-0.2, 0) is 6.54 Å². The van der Waals surface area contributed by atoms with Gasteiger partial charge in [0.25, 0.3) is 0 Å². The normalized spacial score (nSPS) is 11.5. The fourth-order valence-corrected chi connectivity index (χ4v) is 2.39. The molecule has 0 fully saturated rings. The zero-order chi connectivity index (χ0) is 15.9. The van der Waals surface area contributed by atoms with Crippen molar-refractivity contribution in [2.45, 2.75) is 45.8 Å². The first-order valence-corrected chi connectivity index (χ1v) is 7.79. The monoisotopic (exact) mass is 315 g/mol. The van der Waals surface area contributed by atoms with E-state index in [0.29, 0.717) is 36.2 Å². The molecule has 0 aromatic heterocycles. The first kappa shape index (κ1) is 18.1. The molecule has 1 rings (SSSR count). The summed E-state index contributed by atoms with van der Waals surface area (Å²) >= 11 is 6.23. The SMILES string of the molecule is CCOc1c(Cl)cc(CNCC(O)(CC)CC)cc1OC. The standard InChI is InChI=1S/C16H26ClNO3/c1-5-16(19,6-2)11-18-10-12-8-13(17)15(21-7-3)14(9-12)20-4/h8-9,18-19H,5-7,10-11H2,1-4H3. The van der Waals surface area contributed by atoms with E-state index >= 15 is 0 Å². The molecule has 1 aromatic carbocycles. The molecule has 0 aliphatic rings. The van der Waals surface area contributed by atoms with Gasteiger partial charge < -0.3 is 19.9 Å². The second-order valence-electron chi connectivity index (χ2n) is 5.08. The zero-order valence-corrected chi connectivity index (χ0v) is 14.1. The van der Waals surface area contributed by atoms with Gasteiger partial charge in [0, 0.05) is 13.1 Å². The summed E-state index contributed by atoms with van der Waals surface area (Å²) in [6.45, 7) is 7.58. The largest absolute Gasteiger partial charge is 0.493 e. The van der Waals surface area contributed by atoms with E-state index in [1.807, 2.05) is 32.9 Å². The molecule has 0 atom stereocenters. The van der Waals surface area contributed by atoms with Crippen molar-refractivity contribution in [3.05, 3.63) is 22.7 Å². The molecule has 21 heavy (non-hydrogen) atoms. The topological polar surface area (TPSA) is 50.7 Å². The maximum atomic E-state index is 10.2. The Balaban J connectivity index is 2.74. The van der Waals surface area contributed by atoms with Gasteiger partial charge in [0.2, 0.25) is 0 Å². The second-order valence-corrected chi connectivity index (χ2v) is 5.48. The lowest BCUT2D eigenvalue weighted by Crippen LogP contribution is -2.39. The van der Waals surface area contributed by atoms with Crippen LogP contribution >= 0.6 is 11.6 Å². The van der Waals surface area contributed by atoms with Gasteiger partial charge in [0.05, 0.1) is 24.3 Å². The maximum absolute atomic E-state index is 10.2. The van der Waals surface area contributed by atoms with Crippen LogP contribution in [0.2, 0.25) is 5.02 Å². The van der Waals surface area contributed by atoms with Crippen LogP contribution in [0.25, 0.3) is 0 Å². The number of nitrogens with one attached hydrogen (secondary N) is 1. The highest BCUT2D eigenvalue weighted by atomic mass is 35.5. The van der Waals surface area contributed by atoms with Crippen LogP contribution in [0, 0.1) is 0 Å². The number of rotatable bonds is 9. The molecule has 0 aliphatic heterocycles. The Morgan fingerprint density at radius 2 is 1.90 bits per heavy atom. The third kappa shape index (κ3) is 5.06. The van der Waals surface area contributed by atoms with E-state index in [-0.39, 0.29) is 0 Å². The number of halogens is 1. The van der Waals surface area contributed by atoms with E-state index in [9.17, 15) is 5.11 Å². The van der Waals surface area contributed by atoms with Crippen LogP contribution in [0.3, 0.4) is 0 Å². The zero-order valence-electron chi connectivity index (χ0n) is 13.3. The average Bonchev–Trinajstić information content (AvgIpc) is 2.49. The number of benzene rings is 1. The molecule has 4 nitrogen and oxygen atoms in total. The fraction of sp³-hybridized carbons (Fsp3) is 0.625. The Labute approximate surface area is 132 Å². The molecule has 0 unspecified atom stereocenters. The molecular formula is C16H26ClNO3. The van der Waals surface area contributed by atoms with Crippen molar-refractivity contribution in [3.8, 4) is 11.5 Å². The van der Waals surface area contributed by atoms with Crippen molar-refractivity contribution in [1.82, 2.24) is 5.32 Å². The Morgan fingerprint density at radius 1 is 1.24 bits per heavy atom. The molecule has 120 valence electrons. The highest BCUT2D eigenvalue weighted by Crippen LogP contribution is 2.36. The minimum Gasteiger partial charge on any atom is -0.493 e. The van der Waals surface area contributed by atoms with E-state index in [4.69, 9.17) is 21.1 Å². The number of hydrogen-bond donors (Lipinski definition) is 2. The van der Waals surface area contributed by atoms with Crippen LogP contribution in [-0.4, -0.2) is 31.0 Å². The molecule has 0 heterocycles. The van der Waals surface area contributed by atoms with E-state index < -0.39 is 5.60 Å². The minimum atomic E-state index is -0.654. The third-order valence-corrected chi connectivity index (χ3v) is 3.96. The van der Waals surface area contributed by atoms with Crippen molar-refractivity contribution in [3.63, 3.8) is 0 Å². The first-order chi connectivity index (χ1) is 9.99. The molecule has 0 amide bonds. The third-order valence-electron chi connectivity index (χ3n) is 3.68. The summed E-state index contributed by atoms with van der Waals surface area (Å²) in [4.78, 5) is 0. The number of hydrogen-bond acceptors (Lipinski definition) is 4. The first-order valence-electron chi connectivity index (χ1n) is 7.42. The predicted octanol–water partition coefficient (Wildman–Crippen LogP) is 3.39. The molecule has 1 aromatic rings. The minimum absolute atomic E-state index is 0.535. The molecule has 0 radical (unpaired) electrons. The average molecular weight is 316 g/mol. The van der Waals surface area contributed by atoms with E-state index in [0.717, 1.165) is 18.4 Å².